The van der Waals surface area contributed by atoms with E-state index in [2.05, 4.69) is 21.2 Å². The van der Waals surface area contributed by atoms with Gasteiger partial charge in [0, 0.05) is 30.7 Å². The molecule has 1 aliphatic carbocycles. The van der Waals surface area contributed by atoms with Gasteiger partial charge in [-0.05, 0) is 53.5 Å². The van der Waals surface area contributed by atoms with Crippen LogP contribution in [0.3, 0.4) is 0 Å². The molecule has 118 valence electrons. The van der Waals surface area contributed by atoms with Crippen LogP contribution in [0.15, 0.2) is 27.6 Å². The second-order valence-electron chi connectivity index (χ2n) is 5.13. The van der Waals surface area contributed by atoms with E-state index in [1.165, 1.54) is 0 Å². The average Bonchev–Trinajstić information content (AvgIpc) is 3.26. The van der Waals surface area contributed by atoms with Crippen molar-refractivity contribution < 1.29 is 13.2 Å². The van der Waals surface area contributed by atoms with Crippen LogP contribution in [-0.2, 0) is 21.3 Å². The lowest BCUT2D eigenvalue weighted by atomic mass is 10.2. The van der Waals surface area contributed by atoms with Gasteiger partial charge in [-0.25, -0.2) is 8.42 Å². The molecule has 2 rings (SSSR count). The van der Waals surface area contributed by atoms with Gasteiger partial charge in [-0.15, -0.1) is 0 Å². The highest BCUT2D eigenvalue weighted by molar-refractivity contribution is 9.10. The van der Waals surface area contributed by atoms with Gasteiger partial charge in [0.15, 0.2) is 0 Å². The van der Waals surface area contributed by atoms with Gasteiger partial charge < -0.3 is 10.1 Å². The van der Waals surface area contributed by atoms with Crippen LogP contribution < -0.4 is 5.32 Å². The molecule has 1 aromatic carbocycles. The number of nitrogens with zero attached hydrogens (tertiary/aromatic N) is 1. The van der Waals surface area contributed by atoms with Crippen LogP contribution in [0.25, 0.3) is 0 Å². The van der Waals surface area contributed by atoms with E-state index in [-0.39, 0.29) is 6.04 Å². The van der Waals surface area contributed by atoms with Crippen LogP contribution in [0.1, 0.15) is 18.4 Å². The fraction of sp³-hybridized carbons (Fsp3) is 0.571. The molecule has 0 heterocycles. The zero-order valence-electron chi connectivity index (χ0n) is 12.3. The largest absolute Gasteiger partial charge is 0.383 e. The highest BCUT2D eigenvalue weighted by Crippen LogP contribution is 2.34. The summed E-state index contributed by atoms with van der Waals surface area (Å²) in [5, 5.41) is 3.04. The first-order valence-corrected chi connectivity index (χ1v) is 9.18. The second kappa shape index (κ2) is 7.19. The van der Waals surface area contributed by atoms with Gasteiger partial charge >= 0.3 is 0 Å². The van der Waals surface area contributed by atoms with Crippen LogP contribution in [0.4, 0.5) is 0 Å². The van der Waals surface area contributed by atoms with Crippen LogP contribution in [0, 0.1) is 0 Å². The smallest absolute Gasteiger partial charge is 0.244 e. The molecule has 0 bridgehead atoms. The van der Waals surface area contributed by atoms with Crippen LogP contribution in [-0.4, -0.2) is 46.1 Å². The quantitative estimate of drug-likeness (QED) is 0.753. The van der Waals surface area contributed by atoms with Crippen molar-refractivity contribution in [3.05, 3.63) is 28.2 Å². The lowest BCUT2D eigenvalue weighted by molar-refractivity contribution is 0.177. The molecule has 21 heavy (non-hydrogen) atoms. The monoisotopic (exact) mass is 376 g/mol. The van der Waals surface area contributed by atoms with E-state index in [1.54, 1.807) is 23.5 Å². The Morgan fingerprint density at radius 3 is 2.71 bits per heavy atom. The normalized spacial score (nSPS) is 15.6. The molecule has 1 aliphatic rings. The minimum Gasteiger partial charge on any atom is -0.383 e. The van der Waals surface area contributed by atoms with Gasteiger partial charge in [0.25, 0.3) is 0 Å². The number of benzene rings is 1. The Kier molecular flexibility index (Phi) is 5.79. The predicted octanol–water partition coefficient (Wildman–Crippen LogP) is 1.97. The van der Waals surface area contributed by atoms with Crippen molar-refractivity contribution in [2.24, 2.45) is 0 Å². The Balaban J connectivity index is 2.34. The fourth-order valence-corrected chi connectivity index (χ4v) is 4.87. The van der Waals surface area contributed by atoms with E-state index in [4.69, 9.17) is 4.74 Å². The van der Waals surface area contributed by atoms with E-state index in [9.17, 15) is 8.42 Å². The summed E-state index contributed by atoms with van der Waals surface area (Å²) in [6, 6.07) is 5.56. The lowest BCUT2D eigenvalue weighted by Crippen LogP contribution is -2.36. The number of methoxy groups -OCH3 is 1. The van der Waals surface area contributed by atoms with E-state index >= 15 is 0 Å². The van der Waals surface area contributed by atoms with Gasteiger partial charge in [0.1, 0.15) is 0 Å². The second-order valence-corrected chi connectivity index (χ2v) is 7.85. The van der Waals surface area contributed by atoms with Crippen molar-refractivity contribution in [1.29, 1.82) is 0 Å². The number of ether oxygens (including phenoxy) is 1. The molecule has 0 unspecified atom stereocenters. The van der Waals surface area contributed by atoms with E-state index < -0.39 is 10.0 Å². The van der Waals surface area contributed by atoms with Crippen molar-refractivity contribution >= 4 is 26.0 Å². The van der Waals surface area contributed by atoms with Crippen LogP contribution in [0.5, 0.6) is 0 Å². The standard InChI is InChI=1S/C14H21BrN2O3S/c1-16-10-11-3-6-13(15)14(9-11)21(18,19)17(7-8-20-2)12-4-5-12/h3,6,9,12,16H,4-5,7-8,10H2,1-2H3. The van der Waals surface area contributed by atoms with E-state index in [1.807, 2.05) is 13.1 Å². The molecule has 1 aromatic rings. The van der Waals surface area contributed by atoms with Crippen molar-refractivity contribution in [3.8, 4) is 0 Å². The Morgan fingerprint density at radius 2 is 2.14 bits per heavy atom. The number of rotatable bonds is 8. The van der Waals surface area contributed by atoms with Crippen molar-refractivity contribution in [2.75, 3.05) is 27.3 Å². The number of nitrogens with one attached hydrogen (secondary N) is 1. The van der Waals surface area contributed by atoms with E-state index in [0.717, 1.165) is 18.4 Å². The summed E-state index contributed by atoms with van der Waals surface area (Å²) < 4.78 is 33.1. The first-order valence-electron chi connectivity index (χ1n) is 6.94. The number of halogens is 1. The maximum atomic E-state index is 12.9. The third-order valence-electron chi connectivity index (χ3n) is 3.43. The molecule has 0 saturated heterocycles. The minimum atomic E-state index is -3.50. The fourth-order valence-electron chi connectivity index (χ4n) is 2.23. The van der Waals surface area contributed by atoms with Crippen molar-refractivity contribution in [2.45, 2.75) is 30.3 Å². The van der Waals surface area contributed by atoms with Gasteiger partial charge in [-0.2, -0.15) is 4.31 Å². The lowest BCUT2D eigenvalue weighted by Gasteiger charge is -2.22. The molecule has 7 heteroatoms. The minimum absolute atomic E-state index is 0.116. The SMILES string of the molecule is CNCc1ccc(Br)c(S(=O)(=O)N(CCOC)C2CC2)c1. The number of hydrogen-bond acceptors (Lipinski definition) is 4. The van der Waals surface area contributed by atoms with Gasteiger partial charge in [0.05, 0.1) is 11.5 Å². The first kappa shape index (κ1) is 16.9. The molecule has 0 radical (unpaired) electrons. The topological polar surface area (TPSA) is 58.6 Å². The van der Waals surface area contributed by atoms with Gasteiger partial charge in [-0.3, -0.25) is 0 Å². The zero-order chi connectivity index (χ0) is 15.5. The number of hydrogen-bond donors (Lipinski definition) is 1. The highest BCUT2D eigenvalue weighted by Gasteiger charge is 2.38. The average molecular weight is 377 g/mol. The molecule has 5 nitrogen and oxygen atoms in total. The van der Waals surface area contributed by atoms with E-state index in [0.29, 0.717) is 29.1 Å². The summed E-state index contributed by atoms with van der Waals surface area (Å²) >= 11 is 3.37. The maximum absolute atomic E-state index is 12.9. The molecule has 0 aliphatic heterocycles. The Morgan fingerprint density at radius 1 is 1.43 bits per heavy atom. The Bertz CT molecular complexity index is 588. The maximum Gasteiger partial charge on any atom is 0.244 e. The summed E-state index contributed by atoms with van der Waals surface area (Å²) in [4.78, 5) is 0.332. The Hall–Kier alpha value is -0.470. The van der Waals surface area contributed by atoms with Crippen molar-refractivity contribution in [1.82, 2.24) is 9.62 Å². The summed E-state index contributed by atoms with van der Waals surface area (Å²) in [5.41, 5.74) is 0.946. The van der Waals surface area contributed by atoms with Gasteiger partial charge in [-0.1, -0.05) is 6.07 Å². The van der Waals surface area contributed by atoms with Crippen LogP contribution in [0.2, 0.25) is 0 Å². The molecular formula is C14H21BrN2O3S. The highest BCUT2D eigenvalue weighted by atomic mass is 79.9. The van der Waals surface area contributed by atoms with Crippen molar-refractivity contribution in [3.63, 3.8) is 0 Å². The van der Waals surface area contributed by atoms with Crippen LogP contribution >= 0.6 is 15.9 Å². The summed E-state index contributed by atoms with van der Waals surface area (Å²) in [7, 11) is -0.0798. The molecule has 0 amide bonds. The summed E-state index contributed by atoms with van der Waals surface area (Å²) in [6.07, 6.45) is 1.85. The predicted molar refractivity (Wildman–Crippen MR) is 85.7 cm³/mol. The number of sulfonamides is 1. The summed E-state index contributed by atoms with van der Waals surface area (Å²) in [5.74, 6) is 0. The zero-order valence-corrected chi connectivity index (χ0v) is 14.7. The third-order valence-corrected chi connectivity index (χ3v) is 6.38. The molecule has 1 fully saturated rings. The molecule has 1 saturated carbocycles. The molecule has 0 atom stereocenters. The molecule has 0 aromatic heterocycles. The summed E-state index contributed by atoms with van der Waals surface area (Å²) in [6.45, 7) is 1.44. The molecule has 0 spiro atoms. The molecular weight excluding hydrogens is 356 g/mol. The first-order chi connectivity index (χ1) is 10.0. The third kappa shape index (κ3) is 4.04. The molecule has 1 N–H and O–H groups in total. The Labute approximate surface area is 134 Å². The van der Waals surface area contributed by atoms with Gasteiger partial charge in [0.2, 0.25) is 10.0 Å².